The van der Waals surface area contributed by atoms with E-state index in [0.717, 1.165) is 6.42 Å². The van der Waals surface area contributed by atoms with Gasteiger partial charge >= 0.3 is 0 Å². The Morgan fingerprint density at radius 2 is 1.22 bits per heavy atom. The quantitative estimate of drug-likeness (QED) is 0.566. The summed E-state index contributed by atoms with van der Waals surface area (Å²) in [5.74, 6) is 0. The van der Waals surface area contributed by atoms with E-state index < -0.39 is 8.80 Å². The summed E-state index contributed by atoms with van der Waals surface area (Å²) < 4.78 is 0. The number of aryl methyl sites for hydroxylation is 1. The van der Waals surface area contributed by atoms with Gasteiger partial charge in [0.25, 0.3) is 0 Å². The van der Waals surface area contributed by atoms with Crippen molar-refractivity contribution in [1.29, 1.82) is 0 Å². The second kappa shape index (κ2) is 7.54. The second-order valence-electron chi connectivity index (χ2n) is 7.55. The van der Waals surface area contributed by atoms with E-state index in [1.807, 2.05) is 0 Å². The molecule has 3 aromatic carbocycles. The van der Waals surface area contributed by atoms with Gasteiger partial charge in [-0.2, -0.15) is 0 Å². The van der Waals surface area contributed by atoms with E-state index in [1.165, 1.54) is 38.2 Å². The van der Waals surface area contributed by atoms with Gasteiger partial charge in [-0.15, -0.1) is 0 Å². The largest absolute Gasteiger partial charge is 0.129 e. The van der Waals surface area contributed by atoms with Gasteiger partial charge in [0.05, 0.1) is 0 Å². The fraction of sp³-hybridized carbons (Fsp3) is 0.154. The summed E-state index contributed by atoms with van der Waals surface area (Å²) in [7, 11) is -1.44. The molecule has 0 bridgehead atoms. The molecule has 1 heteroatoms. The first-order valence-corrected chi connectivity index (χ1v) is 11.4. The Hall–Kier alpha value is -2.64. The van der Waals surface area contributed by atoms with Gasteiger partial charge in [0, 0.05) is 0 Å². The smallest absolute Gasteiger partial charge is 0.0668 e. The first-order chi connectivity index (χ1) is 13.1. The van der Waals surface area contributed by atoms with Gasteiger partial charge in [-0.1, -0.05) is 112 Å². The van der Waals surface area contributed by atoms with Gasteiger partial charge in [-0.3, -0.25) is 0 Å². The van der Waals surface area contributed by atoms with Crippen LogP contribution in [0.25, 0.3) is 5.57 Å². The maximum absolute atomic E-state index is 2.33. The SMILES string of the molecule is CC1=C(c2cccc(C)c2)CC([SiH](c2ccccc2)c2ccccc2)=C1C. The van der Waals surface area contributed by atoms with E-state index in [2.05, 4.69) is 106 Å². The average Bonchev–Trinajstić information content (AvgIpc) is 2.99. The van der Waals surface area contributed by atoms with E-state index in [0.29, 0.717) is 0 Å². The molecule has 0 aromatic heterocycles. The van der Waals surface area contributed by atoms with Gasteiger partial charge in [0.2, 0.25) is 0 Å². The highest BCUT2D eigenvalue weighted by Gasteiger charge is 2.29. The lowest BCUT2D eigenvalue weighted by Gasteiger charge is -2.20. The predicted molar refractivity (Wildman–Crippen MR) is 120 cm³/mol. The maximum atomic E-state index is 2.33. The van der Waals surface area contributed by atoms with Crippen LogP contribution in [-0.4, -0.2) is 8.80 Å². The van der Waals surface area contributed by atoms with Crippen LogP contribution in [0.5, 0.6) is 0 Å². The third-order valence-corrected chi connectivity index (χ3v) is 9.28. The number of allylic oxidation sites excluding steroid dienone is 4. The minimum atomic E-state index is -1.44. The Morgan fingerprint density at radius 1 is 0.630 bits per heavy atom. The van der Waals surface area contributed by atoms with Crippen LogP contribution in [0.4, 0.5) is 0 Å². The summed E-state index contributed by atoms with van der Waals surface area (Å²) in [4.78, 5) is 0. The number of rotatable bonds is 4. The third kappa shape index (κ3) is 3.48. The van der Waals surface area contributed by atoms with Crippen molar-refractivity contribution in [3.63, 3.8) is 0 Å². The van der Waals surface area contributed by atoms with Crippen LogP contribution in [0, 0.1) is 6.92 Å². The molecule has 1 aliphatic carbocycles. The first-order valence-electron chi connectivity index (χ1n) is 9.72. The van der Waals surface area contributed by atoms with E-state index >= 15 is 0 Å². The molecule has 0 heterocycles. The first kappa shape index (κ1) is 17.8. The molecule has 1 aliphatic rings. The zero-order valence-electron chi connectivity index (χ0n) is 16.4. The van der Waals surface area contributed by atoms with Crippen LogP contribution in [0.1, 0.15) is 31.4 Å². The number of hydrogen-bond acceptors (Lipinski definition) is 0. The zero-order valence-corrected chi connectivity index (χ0v) is 17.5. The van der Waals surface area contributed by atoms with Gasteiger partial charge < -0.3 is 0 Å². The van der Waals surface area contributed by atoms with Crippen molar-refractivity contribution in [3.05, 3.63) is 112 Å². The minimum Gasteiger partial charge on any atom is -0.0668 e. The molecule has 0 amide bonds. The highest BCUT2D eigenvalue weighted by Crippen LogP contribution is 2.39. The molecule has 27 heavy (non-hydrogen) atoms. The van der Waals surface area contributed by atoms with E-state index in [-0.39, 0.29) is 0 Å². The van der Waals surface area contributed by atoms with Crippen LogP contribution in [0.3, 0.4) is 0 Å². The van der Waals surface area contributed by atoms with E-state index in [1.54, 1.807) is 5.20 Å². The number of hydrogen-bond donors (Lipinski definition) is 0. The van der Waals surface area contributed by atoms with Crippen LogP contribution in [0.2, 0.25) is 0 Å². The highest BCUT2D eigenvalue weighted by atomic mass is 28.3. The van der Waals surface area contributed by atoms with Crippen LogP contribution in [0.15, 0.2) is 101 Å². The molecular formula is C26H26Si. The molecule has 0 spiro atoms. The summed E-state index contributed by atoms with van der Waals surface area (Å²) in [6.45, 7) is 6.82. The summed E-state index contributed by atoms with van der Waals surface area (Å²) in [6.07, 6.45) is 1.09. The summed E-state index contributed by atoms with van der Waals surface area (Å²) >= 11 is 0. The molecular weight excluding hydrogens is 340 g/mol. The van der Waals surface area contributed by atoms with Crippen LogP contribution in [-0.2, 0) is 0 Å². The van der Waals surface area contributed by atoms with Crippen molar-refractivity contribution in [1.82, 2.24) is 0 Å². The van der Waals surface area contributed by atoms with E-state index in [4.69, 9.17) is 0 Å². The van der Waals surface area contributed by atoms with Crippen LogP contribution < -0.4 is 10.4 Å². The average molecular weight is 367 g/mol. The van der Waals surface area contributed by atoms with Gasteiger partial charge in [0.15, 0.2) is 0 Å². The van der Waals surface area contributed by atoms with Gasteiger partial charge in [-0.25, -0.2) is 0 Å². The molecule has 0 nitrogen and oxygen atoms in total. The Labute approximate surface area is 164 Å². The van der Waals surface area contributed by atoms with E-state index in [9.17, 15) is 0 Å². The fourth-order valence-corrected chi connectivity index (χ4v) is 7.74. The fourth-order valence-electron chi connectivity index (χ4n) is 4.28. The van der Waals surface area contributed by atoms with Gasteiger partial charge in [0.1, 0.15) is 8.80 Å². The molecule has 0 N–H and O–H groups in total. The van der Waals surface area contributed by atoms with Crippen molar-refractivity contribution >= 4 is 24.7 Å². The molecule has 0 aliphatic heterocycles. The highest BCUT2D eigenvalue weighted by molar-refractivity contribution is 6.91. The Balaban J connectivity index is 1.79. The molecule has 0 saturated heterocycles. The van der Waals surface area contributed by atoms with Crippen molar-refractivity contribution in [2.24, 2.45) is 0 Å². The van der Waals surface area contributed by atoms with Crippen molar-refractivity contribution < 1.29 is 0 Å². The van der Waals surface area contributed by atoms with Crippen molar-refractivity contribution in [2.75, 3.05) is 0 Å². The normalized spacial score (nSPS) is 14.4. The molecule has 3 aromatic rings. The standard InChI is InChI=1S/C26H26Si/c1-19-11-10-12-22(17-19)25-18-26(21(3)20(25)2)27(23-13-6-4-7-14-23)24-15-8-5-9-16-24/h4-17,27H,18H2,1-3H3. The predicted octanol–water partition coefficient (Wildman–Crippen LogP) is 5.07. The summed E-state index contributed by atoms with van der Waals surface area (Å²) in [6, 6.07) is 31.2. The summed E-state index contributed by atoms with van der Waals surface area (Å²) in [5.41, 5.74) is 7.21. The molecule has 0 radical (unpaired) electrons. The second-order valence-corrected chi connectivity index (χ2v) is 10.5. The minimum absolute atomic E-state index is 1.09. The monoisotopic (exact) mass is 366 g/mol. The lowest BCUT2D eigenvalue weighted by molar-refractivity contribution is 1.34. The molecule has 0 atom stereocenters. The molecule has 0 unspecified atom stereocenters. The zero-order chi connectivity index (χ0) is 18.8. The molecule has 0 fully saturated rings. The topological polar surface area (TPSA) is 0 Å². The van der Waals surface area contributed by atoms with Crippen molar-refractivity contribution in [2.45, 2.75) is 27.2 Å². The maximum Gasteiger partial charge on any atom is 0.129 e. The molecule has 4 rings (SSSR count). The van der Waals surface area contributed by atoms with Crippen molar-refractivity contribution in [3.8, 4) is 0 Å². The van der Waals surface area contributed by atoms with Gasteiger partial charge in [-0.05, 0) is 43.9 Å². The third-order valence-electron chi connectivity index (χ3n) is 5.84. The number of benzene rings is 3. The Bertz CT molecular complexity index is 971. The Morgan fingerprint density at radius 3 is 1.78 bits per heavy atom. The van der Waals surface area contributed by atoms with Crippen LogP contribution >= 0.6 is 0 Å². The summed E-state index contributed by atoms with van der Waals surface area (Å²) in [5, 5.41) is 4.69. The lowest BCUT2D eigenvalue weighted by atomic mass is 9.99. The molecule has 0 saturated carbocycles. The molecule has 134 valence electrons. The Kier molecular flexibility index (Phi) is 4.96. The lowest BCUT2D eigenvalue weighted by Crippen LogP contribution is -2.44.